The van der Waals surface area contributed by atoms with Gasteiger partial charge in [0.2, 0.25) is 17.7 Å². The van der Waals surface area contributed by atoms with Crippen LogP contribution in [0.3, 0.4) is 0 Å². The highest BCUT2D eigenvalue weighted by Gasteiger charge is 2.44. The zero-order valence-electron chi connectivity index (χ0n) is 30.5. The number of nitrogens with one attached hydrogen (secondary N) is 2. The van der Waals surface area contributed by atoms with Gasteiger partial charge in [0, 0.05) is 18.5 Å². The Morgan fingerprint density at radius 2 is 1.60 bits per heavy atom. The Morgan fingerprint density at radius 3 is 2.19 bits per heavy atom. The molecular weight excluding hydrogens is 689 g/mol. The van der Waals surface area contributed by atoms with Crippen LogP contribution in [-0.2, 0) is 28.6 Å². The number of nitrogens with zero attached hydrogens (tertiary/aromatic N) is 2. The number of hydrogen-bond donors (Lipinski definition) is 3. The van der Waals surface area contributed by atoms with Gasteiger partial charge < -0.3 is 39.6 Å². The molecule has 14 heteroatoms. The third-order valence-corrected chi connectivity index (χ3v) is 9.53. The van der Waals surface area contributed by atoms with Crippen molar-refractivity contribution in [1.29, 1.82) is 0 Å². The van der Waals surface area contributed by atoms with E-state index in [0.29, 0.717) is 37.7 Å². The van der Waals surface area contributed by atoms with Crippen molar-refractivity contribution in [2.24, 2.45) is 5.41 Å². The molecule has 0 radical (unpaired) electrons. The molecular formula is C38H50N4O9S. The molecule has 0 aliphatic carbocycles. The molecule has 1 aromatic heterocycles. The molecule has 3 aromatic rings. The smallest absolute Gasteiger partial charge is 0.246 e. The highest BCUT2D eigenvalue weighted by atomic mass is 32.1. The summed E-state index contributed by atoms with van der Waals surface area (Å²) in [7, 11) is 0. The summed E-state index contributed by atoms with van der Waals surface area (Å²) < 4.78 is 22.0. The molecule has 1 aliphatic heterocycles. The lowest BCUT2D eigenvalue weighted by atomic mass is 9.85. The summed E-state index contributed by atoms with van der Waals surface area (Å²) in [6, 6.07) is 12.5. The van der Waals surface area contributed by atoms with E-state index in [1.807, 2.05) is 64.4 Å². The second-order valence-corrected chi connectivity index (χ2v) is 14.5. The average molecular weight is 739 g/mol. The van der Waals surface area contributed by atoms with Crippen LogP contribution in [-0.4, -0.2) is 110 Å². The highest BCUT2D eigenvalue weighted by molar-refractivity contribution is 7.13. The fraction of sp³-hybridized carbons (Fsp3) is 0.500. The molecule has 3 amide bonds. The summed E-state index contributed by atoms with van der Waals surface area (Å²) >= 11 is 1.57. The van der Waals surface area contributed by atoms with Crippen molar-refractivity contribution in [3.05, 3.63) is 70.9 Å². The first kappa shape index (κ1) is 40.6. The summed E-state index contributed by atoms with van der Waals surface area (Å²) in [6.07, 6.45) is -0.00419. The first-order chi connectivity index (χ1) is 24.9. The van der Waals surface area contributed by atoms with Crippen LogP contribution < -0.4 is 15.4 Å². The maximum Gasteiger partial charge on any atom is 0.246 e. The summed E-state index contributed by atoms with van der Waals surface area (Å²) in [4.78, 5) is 57.7. The molecule has 2 heterocycles. The quantitative estimate of drug-likeness (QED) is 0.122. The molecule has 0 saturated carbocycles. The lowest BCUT2D eigenvalue weighted by Crippen LogP contribution is -2.58. The molecule has 4 atom stereocenters. The van der Waals surface area contributed by atoms with Gasteiger partial charge in [-0.1, -0.05) is 45.0 Å². The molecule has 1 aliphatic rings. The number of β-amino-alcohol motifs (C(OH)–C–C–N with tert-alkyl or cyclic N) is 1. The predicted octanol–water partition coefficient (Wildman–Crippen LogP) is 3.73. The van der Waals surface area contributed by atoms with Gasteiger partial charge in [0.25, 0.3) is 0 Å². The fourth-order valence-electron chi connectivity index (χ4n) is 5.68. The van der Waals surface area contributed by atoms with Gasteiger partial charge in [-0.05, 0) is 54.7 Å². The Morgan fingerprint density at radius 1 is 0.962 bits per heavy atom. The van der Waals surface area contributed by atoms with Crippen molar-refractivity contribution in [2.75, 3.05) is 52.8 Å². The average Bonchev–Trinajstić information content (AvgIpc) is 3.74. The molecule has 4 rings (SSSR count). The van der Waals surface area contributed by atoms with Gasteiger partial charge in [0.05, 0.1) is 61.3 Å². The van der Waals surface area contributed by atoms with Crippen molar-refractivity contribution in [3.63, 3.8) is 0 Å². The van der Waals surface area contributed by atoms with Gasteiger partial charge in [0.1, 0.15) is 37.3 Å². The maximum atomic E-state index is 13.9. The predicted molar refractivity (Wildman–Crippen MR) is 196 cm³/mol. The molecule has 2 aromatic carbocycles. The normalized spacial score (nSPS) is 17.0. The van der Waals surface area contributed by atoms with Crippen molar-refractivity contribution < 1.29 is 43.2 Å². The topological polar surface area (TPSA) is 166 Å². The molecule has 1 fully saturated rings. The first-order valence-electron chi connectivity index (χ1n) is 17.4. The number of ether oxygens (including phenoxy) is 4. The summed E-state index contributed by atoms with van der Waals surface area (Å²) in [5.74, 6) is -0.649. The third-order valence-electron chi connectivity index (χ3n) is 8.55. The monoisotopic (exact) mass is 738 g/mol. The van der Waals surface area contributed by atoms with E-state index < -0.39 is 35.4 Å². The number of aryl methyl sites for hydroxylation is 1. The SMILES string of the molecule is Cc1ncsc1-c1ccc(C(C)NC(=O)C2CC(O)CN2C(=O)C(NC(=O)COCCOCCOCCOc2ccc(C=O)cc2)C(C)(C)C)cc1. The third kappa shape index (κ3) is 11.9. The molecule has 282 valence electrons. The van der Waals surface area contributed by atoms with E-state index in [2.05, 4.69) is 15.6 Å². The molecule has 13 nitrogen and oxygen atoms in total. The Hall–Kier alpha value is -4.21. The van der Waals surface area contributed by atoms with Gasteiger partial charge in [-0.15, -0.1) is 11.3 Å². The summed E-state index contributed by atoms with van der Waals surface area (Å²) in [6.45, 7) is 10.8. The van der Waals surface area contributed by atoms with Crippen molar-refractivity contribution in [2.45, 2.75) is 65.3 Å². The minimum absolute atomic E-state index is 0.0164. The Balaban J connectivity index is 1.17. The second kappa shape index (κ2) is 19.6. The van der Waals surface area contributed by atoms with Crippen LogP contribution in [0.15, 0.2) is 54.0 Å². The number of aliphatic hydroxyl groups excluding tert-OH is 1. The van der Waals surface area contributed by atoms with E-state index >= 15 is 0 Å². The van der Waals surface area contributed by atoms with E-state index in [-0.39, 0.29) is 44.7 Å². The van der Waals surface area contributed by atoms with Crippen LogP contribution in [0.5, 0.6) is 5.75 Å². The first-order valence-corrected chi connectivity index (χ1v) is 18.2. The number of rotatable bonds is 19. The summed E-state index contributed by atoms with van der Waals surface area (Å²) in [5, 5.41) is 16.3. The fourth-order valence-corrected chi connectivity index (χ4v) is 6.50. The zero-order valence-corrected chi connectivity index (χ0v) is 31.3. The Labute approximate surface area is 309 Å². The van der Waals surface area contributed by atoms with Crippen LogP contribution >= 0.6 is 11.3 Å². The number of aldehydes is 1. The van der Waals surface area contributed by atoms with Crippen molar-refractivity contribution >= 4 is 35.3 Å². The number of thiazole rings is 1. The van der Waals surface area contributed by atoms with E-state index in [9.17, 15) is 24.3 Å². The van der Waals surface area contributed by atoms with E-state index in [1.165, 1.54) is 4.90 Å². The Kier molecular flexibility index (Phi) is 15.3. The number of aliphatic hydroxyl groups is 1. The number of hydrogen-bond acceptors (Lipinski definition) is 11. The van der Waals surface area contributed by atoms with Crippen LogP contribution in [0, 0.1) is 12.3 Å². The second-order valence-electron chi connectivity index (χ2n) is 13.7. The van der Waals surface area contributed by atoms with Gasteiger partial charge in [-0.2, -0.15) is 0 Å². The van der Waals surface area contributed by atoms with Gasteiger partial charge in [-0.3, -0.25) is 19.2 Å². The minimum atomic E-state index is -0.961. The molecule has 52 heavy (non-hydrogen) atoms. The van der Waals surface area contributed by atoms with Crippen molar-refractivity contribution in [3.8, 4) is 16.2 Å². The zero-order chi connectivity index (χ0) is 37.7. The molecule has 0 spiro atoms. The number of benzene rings is 2. The number of carbonyl (C=O) groups excluding carboxylic acids is 4. The Bertz CT molecular complexity index is 1610. The van der Waals surface area contributed by atoms with Crippen LogP contribution in [0.4, 0.5) is 0 Å². The lowest BCUT2D eigenvalue weighted by molar-refractivity contribution is -0.144. The minimum Gasteiger partial charge on any atom is -0.491 e. The van der Waals surface area contributed by atoms with E-state index in [0.717, 1.165) is 28.0 Å². The number of likely N-dealkylation sites (tertiary alicyclic amines) is 1. The van der Waals surface area contributed by atoms with E-state index in [1.54, 1.807) is 35.6 Å². The largest absolute Gasteiger partial charge is 0.491 e. The lowest BCUT2D eigenvalue weighted by Gasteiger charge is -2.35. The van der Waals surface area contributed by atoms with Crippen LogP contribution in [0.2, 0.25) is 0 Å². The molecule has 4 unspecified atom stereocenters. The molecule has 3 N–H and O–H groups in total. The van der Waals surface area contributed by atoms with Gasteiger partial charge in [0.15, 0.2) is 0 Å². The standard InChI is InChI=1S/C38H50N4O9S/c1-25(28-8-10-29(11-9-28)34-26(2)39-24-52-34)40-36(46)32-20-30(44)21-42(32)37(47)35(38(3,4)5)41-33(45)23-50-17-16-48-14-15-49-18-19-51-31-12-6-27(22-43)7-13-31/h6-13,22,24-25,30,32,35,44H,14-21,23H2,1-5H3,(H,40,46)(H,41,45). The summed E-state index contributed by atoms with van der Waals surface area (Å²) in [5.41, 5.74) is 4.61. The number of carbonyl (C=O) groups is 4. The van der Waals surface area contributed by atoms with Crippen molar-refractivity contribution in [1.82, 2.24) is 20.5 Å². The van der Waals surface area contributed by atoms with Crippen LogP contribution in [0.1, 0.15) is 61.8 Å². The maximum absolute atomic E-state index is 13.9. The van der Waals surface area contributed by atoms with E-state index in [4.69, 9.17) is 18.9 Å². The molecule has 0 bridgehead atoms. The van der Waals surface area contributed by atoms with Crippen LogP contribution in [0.25, 0.3) is 10.4 Å². The van der Waals surface area contributed by atoms with Gasteiger partial charge >= 0.3 is 0 Å². The van der Waals surface area contributed by atoms with Gasteiger partial charge in [-0.25, -0.2) is 4.98 Å². The number of amides is 3. The highest BCUT2D eigenvalue weighted by Crippen LogP contribution is 2.29. The molecule has 1 saturated heterocycles. The number of aromatic nitrogens is 1.